The first-order chi connectivity index (χ1) is 12.2. The number of aryl methyl sites for hydroxylation is 2. The number of hydrogen-bond acceptors (Lipinski definition) is 5. The van der Waals surface area contributed by atoms with Crippen molar-refractivity contribution >= 4 is 33.4 Å². The van der Waals surface area contributed by atoms with Gasteiger partial charge >= 0.3 is 19.0 Å². The maximum absolute atomic E-state index is 12.6. The molecule has 1 saturated heterocycles. The van der Waals surface area contributed by atoms with Crippen molar-refractivity contribution in [1.29, 1.82) is 0 Å². The number of fused-ring (bicyclic) bond motifs is 1. The number of hydrogen-bond donors (Lipinski definition) is 1. The van der Waals surface area contributed by atoms with Crippen LogP contribution in [0.15, 0.2) is 9.59 Å². The van der Waals surface area contributed by atoms with Gasteiger partial charge in [-0.15, -0.1) is 11.3 Å². The Balaban J connectivity index is 2.13. The van der Waals surface area contributed by atoms with Gasteiger partial charge in [-0.3, -0.25) is 14.3 Å². The maximum atomic E-state index is 12.6. The molecular formula is C16H20BF3N2O4S. The Morgan fingerprint density at radius 1 is 1.15 bits per heavy atom. The third kappa shape index (κ3) is 3.47. The maximum Gasteiger partial charge on any atom is 0.505 e. The molecule has 1 N–H and O–H groups in total. The molecule has 0 bridgehead atoms. The summed E-state index contributed by atoms with van der Waals surface area (Å²) in [6.45, 7) is 8.61. The highest BCUT2D eigenvalue weighted by atomic mass is 32.1. The van der Waals surface area contributed by atoms with E-state index in [-0.39, 0.29) is 10.2 Å². The lowest BCUT2D eigenvalue weighted by atomic mass is 9.84. The molecule has 0 aromatic carbocycles. The van der Waals surface area contributed by atoms with Crippen LogP contribution >= 0.6 is 11.3 Å². The molecule has 148 valence electrons. The van der Waals surface area contributed by atoms with Crippen LogP contribution in [0.25, 0.3) is 10.2 Å². The van der Waals surface area contributed by atoms with Gasteiger partial charge in [-0.05, 0) is 40.2 Å². The first-order valence-corrected chi connectivity index (χ1v) is 9.24. The van der Waals surface area contributed by atoms with E-state index in [1.54, 1.807) is 6.92 Å². The highest BCUT2D eigenvalue weighted by Crippen LogP contribution is 2.38. The Morgan fingerprint density at radius 2 is 1.70 bits per heavy atom. The summed E-state index contributed by atoms with van der Waals surface area (Å²) in [6, 6.07) is 0. The van der Waals surface area contributed by atoms with Crippen LogP contribution in [0.2, 0.25) is 0 Å². The van der Waals surface area contributed by atoms with Crippen LogP contribution in [0.3, 0.4) is 0 Å². The minimum Gasteiger partial charge on any atom is -0.399 e. The second-order valence-corrected chi connectivity index (χ2v) is 8.67. The van der Waals surface area contributed by atoms with E-state index in [2.05, 4.69) is 4.98 Å². The highest BCUT2D eigenvalue weighted by molar-refractivity contribution is 7.28. The second-order valence-electron chi connectivity index (χ2n) is 7.64. The fourth-order valence-electron chi connectivity index (χ4n) is 2.91. The molecule has 2 aromatic heterocycles. The van der Waals surface area contributed by atoms with Crippen molar-refractivity contribution in [2.75, 3.05) is 0 Å². The van der Waals surface area contributed by atoms with E-state index < -0.39 is 48.7 Å². The fraction of sp³-hybridized carbons (Fsp3) is 0.625. The summed E-state index contributed by atoms with van der Waals surface area (Å²) in [5, 5.41) is 0.187. The second kappa shape index (κ2) is 6.21. The average molecular weight is 404 g/mol. The average Bonchev–Trinajstić information content (AvgIpc) is 2.92. The van der Waals surface area contributed by atoms with Crippen LogP contribution in [0.1, 0.15) is 39.7 Å². The lowest BCUT2D eigenvalue weighted by Crippen LogP contribution is -2.41. The number of nitrogens with one attached hydrogen (secondary N) is 1. The molecule has 3 rings (SSSR count). The third-order valence-corrected chi connectivity index (χ3v) is 6.53. The Labute approximate surface area is 157 Å². The summed E-state index contributed by atoms with van der Waals surface area (Å²) in [5.41, 5.74) is -2.17. The van der Waals surface area contributed by atoms with Crippen molar-refractivity contribution < 1.29 is 22.5 Å². The first kappa shape index (κ1) is 20.2. The van der Waals surface area contributed by atoms with Crippen molar-refractivity contribution in [2.45, 2.75) is 65.0 Å². The van der Waals surface area contributed by atoms with Crippen molar-refractivity contribution in [3.8, 4) is 0 Å². The van der Waals surface area contributed by atoms with Crippen LogP contribution in [0.5, 0.6) is 0 Å². The highest BCUT2D eigenvalue weighted by Gasteiger charge is 2.53. The third-order valence-electron chi connectivity index (χ3n) is 5.19. The molecule has 2 aromatic rings. The number of alkyl halides is 3. The van der Waals surface area contributed by atoms with Gasteiger partial charge in [0, 0.05) is 11.3 Å². The number of rotatable bonds is 3. The predicted molar refractivity (Wildman–Crippen MR) is 97.8 cm³/mol. The van der Waals surface area contributed by atoms with Crippen LogP contribution in [0.4, 0.5) is 13.2 Å². The molecule has 0 radical (unpaired) electrons. The van der Waals surface area contributed by atoms with Crippen molar-refractivity contribution in [2.24, 2.45) is 0 Å². The number of thiophene rings is 1. The molecule has 1 aliphatic heterocycles. The lowest BCUT2D eigenvalue weighted by Gasteiger charge is -2.32. The molecule has 0 atom stereocenters. The van der Waals surface area contributed by atoms with Crippen LogP contribution in [0, 0.1) is 6.92 Å². The summed E-state index contributed by atoms with van der Waals surface area (Å²) >= 11 is 1.05. The standard InChI is InChI=1S/C16H20BF3N2O4S/c1-8-9-11(23)21-13(24)22(7-6-16(18,19)20)12(9)27-10(8)17-25-14(2,3)15(4,5)26-17/h6-7H2,1-5H3,(H,21,23,24). The molecule has 1 fully saturated rings. The predicted octanol–water partition coefficient (Wildman–Crippen LogP) is 2.31. The molecular weight excluding hydrogens is 384 g/mol. The van der Waals surface area contributed by atoms with Crippen LogP contribution < -0.4 is 16.0 Å². The van der Waals surface area contributed by atoms with Crippen molar-refractivity contribution in [1.82, 2.24) is 9.55 Å². The van der Waals surface area contributed by atoms with E-state index in [0.29, 0.717) is 10.3 Å². The largest absolute Gasteiger partial charge is 0.505 e. The number of halogens is 3. The minimum atomic E-state index is -4.41. The molecule has 27 heavy (non-hydrogen) atoms. The van der Waals surface area contributed by atoms with Gasteiger partial charge in [0.05, 0.1) is 23.0 Å². The van der Waals surface area contributed by atoms with Gasteiger partial charge in [-0.2, -0.15) is 13.2 Å². The Morgan fingerprint density at radius 3 is 2.22 bits per heavy atom. The number of aromatic amines is 1. The molecule has 3 heterocycles. The van der Waals surface area contributed by atoms with Crippen LogP contribution in [-0.4, -0.2) is 34.0 Å². The van der Waals surface area contributed by atoms with E-state index in [9.17, 15) is 22.8 Å². The van der Waals surface area contributed by atoms with Gasteiger partial charge in [0.2, 0.25) is 0 Å². The molecule has 0 amide bonds. The smallest absolute Gasteiger partial charge is 0.399 e. The van der Waals surface area contributed by atoms with E-state index >= 15 is 0 Å². The van der Waals surface area contributed by atoms with Gasteiger partial charge in [-0.1, -0.05) is 0 Å². The summed E-state index contributed by atoms with van der Waals surface area (Å²) in [5.74, 6) is 0. The van der Waals surface area contributed by atoms with Gasteiger partial charge in [0.1, 0.15) is 4.83 Å². The minimum absolute atomic E-state index is 0.187. The number of nitrogens with zero attached hydrogens (tertiary/aromatic N) is 1. The number of aromatic nitrogens is 2. The molecule has 0 aliphatic carbocycles. The van der Waals surface area contributed by atoms with Gasteiger partial charge < -0.3 is 9.31 Å². The Kier molecular flexibility index (Phi) is 4.64. The lowest BCUT2D eigenvalue weighted by molar-refractivity contribution is -0.136. The SMILES string of the molecule is Cc1c(B2OC(C)(C)C(C)(C)O2)sc2c1c(=O)[nH]c(=O)n2CCC(F)(F)F. The quantitative estimate of drug-likeness (QED) is 0.798. The topological polar surface area (TPSA) is 73.3 Å². The van der Waals surface area contributed by atoms with E-state index in [0.717, 1.165) is 15.9 Å². The monoisotopic (exact) mass is 404 g/mol. The summed E-state index contributed by atoms with van der Waals surface area (Å²) in [4.78, 5) is 26.7. The summed E-state index contributed by atoms with van der Waals surface area (Å²) in [7, 11) is -0.766. The molecule has 6 nitrogen and oxygen atoms in total. The zero-order chi connectivity index (χ0) is 20.4. The Hall–Kier alpha value is -1.59. The van der Waals surface area contributed by atoms with Crippen molar-refractivity contribution in [3.05, 3.63) is 26.4 Å². The number of H-pyrrole nitrogens is 1. The van der Waals surface area contributed by atoms with E-state index in [1.165, 1.54) is 0 Å². The van der Waals surface area contributed by atoms with Gasteiger partial charge in [0.15, 0.2) is 0 Å². The van der Waals surface area contributed by atoms with Gasteiger partial charge in [-0.25, -0.2) is 4.79 Å². The zero-order valence-corrected chi connectivity index (χ0v) is 16.4. The normalized spacial score (nSPS) is 19.2. The molecule has 0 spiro atoms. The molecule has 11 heteroatoms. The van der Waals surface area contributed by atoms with Gasteiger partial charge in [0.25, 0.3) is 5.56 Å². The zero-order valence-electron chi connectivity index (χ0n) is 15.6. The first-order valence-electron chi connectivity index (χ1n) is 8.42. The van der Waals surface area contributed by atoms with E-state index in [4.69, 9.17) is 9.31 Å². The van der Waals surface area contributed by atoms with Crippen molar-refractivity contribution in [3.63, 3.8) is 0 Å². The Bertz CT molecular complexity index is 990. The van der Waals surface area contributed by atoms with Crippen LogP contribution in [-0.2, 0) is 15.9 Å². The fourth-order valence-corrected chi connectivity index (χ4v) is 4.20. The summed E-state index contributed by atoms with van der Waals surface area (Å²) < 4.78 is 51.4. The summed E-state index contributed by atoms with van der Waals surface area (Å²) in [6.07, 6.45) is -5.58. The molecule has 0 saturated carbocycles. The van der Waals surface area contributed by atoms with E-state index in [1.807, 2.05) is 27.7 Å². The molecule has 0 unspecified atom stereocenters. The molecule has 1 aliphatic rings.